The van der Waals surface area contributed by atoms with Crippen LogP contribution in [0.25, 0.3) is 20.2 Å². The summed E-state index contributed by atoms with van der Waals surface area (Å²) in [4.78, 5) is 2.49. The minimum atomic E-state index is 0.0866. The van der Waals surface area contributed by atoms with Gasteiger partial charge in [-0.05, 0) is 109 Å². The quantitative estimate of drug-likeness (QED) is 0.177. The van der Waals surface area contributed by atoms with Crippen LogP contribution >= 0.6 is 11.3 Å². The lowest BCUT2D eigenvalue weighted by Crippen LogP contribution is -2.29. The summed E-state index contributed by atoms with van der Waals surface area (Å²) in [5.41, 5.74) is 8.30. The highest BCUT2D eigenvalue weighted by Gasteiger charge is 2.40. The van der Waals surface area contributed by atoms with E-state index >= 15 is 0 Å². The molecule has 47 heavy (non-hydrogen) atoms. The van der Waals surface area contributed by atoms with Gasteiger partial charge in [-0.2, -0.15) is 0 Å². The second-order valence-electron chi connectivity index (χ2n) is 14.7. The largest absolute Gasteiger partial charge is 0.310 e. The van der Waals surface area contributed by atoms with Gasteiger partial charge in [0.2, 0.25) is 0 Å². The summed E-state index contributed by atoms with van der Waals surface area (Å²) in [6, 6.07) is 46.7. The number of benzene rings is 5. The Morgan fingerprint density at radius 2 is 1.17 bits per heavy atom. The summed E-state index contributed by atoms with van der Waals surface area (Å²) >= 11 is 1.91. The second kappa shape index (κ2) is 12.3. The van der Waals surface area contributed by atoms with Gasteiger partial charge >= 0.3 is 0 Å². The fourth-order valence-electron chi connectivity index (χ4n) is 9.76. The summed E-state index contributed by atoms with van der Waals surface area (Å²) in [6.07, 6.45) is 14.8. The Kier molecular flexibility index (Phi) is 7.66. The van der Waals surface area contributed by atoms with Crippen LogP contribution < -0.4 is 4.90 Å². The van der Waals surface area contributed by atoms with Gasteiger partial charge in [-0.15, -0.1) is 11.3 Å². The molecule has 2 heteroatoms. The molecule has 5 aromatic carbocycles. The number of fused-ring (bicyclic) bond motifs is 5. The molecule has 0 N–H and O–H groups in total. The van der Waals surface area contributed by atoms with Crippen molar-refractivity contribution in [3.63, 3.8) is 0 Å². The molecule has 3 fully saturated rings. The van der Waals surface area contributed by atoms with Crippen LogP contribution in [0.15, 0.2) is 121 Å². The number of thiophene rings is 1. The zero-order valence-corrected chi connectivity index (χ0v) is 28.2. The van der Waals surface area contributed by atoms with Gasteiger partial charge in [0, 0.05) is 42.6 Å². The molecule has 0 radical (unpaired) electrons. The Labute approximate surface area is 284 Å². The fourth-order valence-corrected chi connectivity index (χ4v) is 10.9. The molecule has 236 valence electrons. The molecule has 6 aromatic rings. The molecule has 0 aliphatic heterocycles. The van der Waals surface area contributed by atoms with Crippen LogP contribution in [0.1, 0.15) is 93.2 Å². The lowest BCUT2D eigenvalue weighted by Gasteiger charge is -2.37. The molecule has 0 amide bonds. The van der Waals surface area contributed by atoms with E-state index in [9.17, 15) is 0 Å². The number of hydrogen-bond acceptors (Lipinski definition) is 2. The average molecular weight is 632 g/mol. The Morgan fingerprint density at radius 3 is 1.89 bits per heavy atom. The van der Waals surface area contributed by atoms with Gasteiger partial charge in [-0.3, -0.25) is 0 Å². The van der Waals surface area contributed by atoms with Crippen molar-refractivity contribution in [1.82, 2.24) is 0 Å². The molecule has 9 rings (SSSR count). The van der Waals surface area contributed by atoms with Crippen molar-refractivity contribution in [2.45, 2.75) is 82.0 Å². The molecule has 2 bridgehead atoms. The Hall–Kier alpha value is -3.88. The van der Waals surface area contributed by atoms with Crippen LogP contribution in [-0.2, 0) is 5.41 Å². The Balaban J connectivity index is 1.12. The van der Waals surface area contributed by atoms with Crippen molar-refractivity contribution < 1.29 is 0 Å². The highest BCUT2D eigenvalue weighted by atomic mass is 32.1. The highest BCUT2D eigenvalue weighted by molar-refractivity contribution is 7.25. The van der Waals surface area contributed by atoms with Crippen molar-refractivity contribution in [2.24, 2.45) is 11.8 Å². The van der Waals surface area contributed by atoms with Gasteiger partial charge in [0.15, 0.2) is 0 Å². The topological polar surface area (TPSA) is 3.24 Å². The third kappa shape index (κ3) is 5.30. The van der Waals surface area contributed by atoms with Crippen molar-refractivity contribution in [1.29, 1.82) is 0 Å². The maximum atomic E-state index is 2.49. The molecule has 1 heterocycles. The zero-order valence-electron chi connectivity index (χ0n) is 27.4. The Morgan fingerprint density at radius 1 is 0.532 bits per heavy atom. The maximum absolute atomic E-state index is 2.49. The summed E-state index contributed by atoms with van der Waals surface area (Å²) < 4.78 is 2.71. The van der Waals surface area contributed by atoms with Gasteiger partial charge in [0.25, 0.3) is 0 Å². The molecule has 3 atom stereocenters. The summed E-state index contributed by atoms with van der Waals surface area (Å²) in [5.74, 6) is 2.61. The van der Waals surface area contributed by atoms with Crippen LogP contribution in [0.5, 0.6) is 0 Å². The molecule has 1 aromatic heterocycles. The van der Waals surface area contributed by atoms with E-state index in [-0.39, 0.29) is 5.41 Å². The van der Waals surface area contributed by atoms with Crippen molar-refractivity contribution in [3.8, 4) is 0 Å². The first-order chi connectivity index (χ1) is 23.2. The number of anilines is 3. The van der Waals surface area contributed by atoms with E-state index in [2.05, 4.69) is 126 Å². The molecule has 3 aliphatic rings. The first-order valence-electron chi connectivity index (χ1n) is 18.2. The van der Waals surface area contributed by atoms with Crippen LogP contribution in [0, 0.1) is 11.8 Å². The molecular weight excluding hydrogens is 587 g/mol. The van der Waals surface area contributed by atoms with E-state index in [0.717, 1.165) is 17.8 Å². The molecule has 3 aliphatic carbocycles. The number of rotatable bonds is 6. The second-order valence-corrected chi connectivity index (χ2v) is 15.8. The number of nitrogens with zero attached hydrogens (tertiary/aromatic N) is 1. The third-order valence-corrected chi connectivity index (χ3v) is 13.3. The van der Waals surface area contributed by atoms with E-state index in [1.807, 2.05) is 11.3 Å². The van der Waals surface area contributed by atoms with E-state index in [0.29, 0.717) is 0 Å². The number of hydrogen-bond donors (Lipinski definition) is 0. The SMILES string of the molecule is c1ccc(C2(c3ccc(N(c4ccc(C5CC6CCC5C6)cc4)c4ccc5c(c4)sc4ccccc45)cc3)CCCCCCC2)cc1. The Bertz CT molecular complexity index is 1980. The average Bonchev–Trinajstić information content (AvgIpc) is 3.85. The zero-order chi connectivity index (χ0) is 31.2. The van der Waals surface area contributed by atoms with Crippen LogP contribution in [0.3, 0.4) is 0 Å². The first kappa shape index (κ1) is 29.3. The fraction of sp³-hybridized carbons (Fsp3) is 0.333. The first-order valence-corrected chi connectivity index (χ1v) is 19.0. The lowest BCUT2D eigenvalue weighted by molar-refractivity contribution is 0.366. The maximum Gasteiger partial charge on any atom is 0.0476 e. The van der Waals surface area contributed by atoms with Crippen molar-refractivity contribution in [3.05, 3.63) is 138 Å². The molecular formula is C45H45NS. The van der Waals surface area contributed by atoms with Gasteiger partial charge in [-0.25, -0.2) is 0 Å². The highest BCUT2D eigenvalue weighted by Crippen LogP contribution is 2.53. The van der Waals surface area contributed by atoms with Crippen molar-refractivity contribution >= 4 is 48.6 Å². The molecule has 0 spiro atoms. The summed E-state index contributed by atoms with van der Waals surface area (Å²) in [5, 5.41) is 2.71. The van der Waals surface area contributed by atoms with Gasteiger partial charge in [-0.1, -0.05) is 117 Å². The normalized spacial score (nSPS) is 22.3. The predicted octanol–water partition coefficient (Wildman–Crippen LogP) is 13.5. The van der Waals surface area contributed by atoms with E-state index in [1.54, 1.807) is 5.56 Å². The van der Waals surface area contributed by atoms with Gasteiger partial charge < -0.3 is 4.90 Å². The molecule has 1 nitrogen and oxygen atoms in total. The van der Waals surface area contributed by atoms with E-state index < -0.39 is 0 Å². The summed E-state index contributed by atoms with van der Waals surface area (Å²) in [6.45, 7) is 0. The van der Waals surface area contributed by atoms with Gasteiger partial charge in [0.1, 0.15) is 0 Å². The van der Waals surface area contributed by atoms with E-state index in [4.69, 9.17) is 0 Å². The monoisotopic (exact) mass is 631 g/mol. The standard InChI is InChI=1S/C45H45NS/c1-2-9-27-45(28-10-3-1,35-11-5-4-6-12-35)36-19-23-38(24-20-36)46(37-21-17-33(18-22-37)42-30-32-15-16-34(42)29-32)39-25-26-41-40-13-7-8-14-43(40)47-44(41)31-39/h4-8,11-14,17-26,31-32,34,42H,1-3,9-10,15-16,27-30H2. The molecule has 0 saturated heterocycles. The van der Waals surface area contributed by atoms with E-state index in [1.165, 1.54) is 119 Å². The third-order valence-electron chi connectivity index (χ3n) is 12.1. The summed E-state index contributed by atoms with van der Waals surface area (Å²) in [7, 11) is 0. The molecule has 3 unspecified atom stereocenters. The van der Waals surface area contributed by atoms with Crippen molar-refractivity contribution in [2.75, 3.05) is 4.90 Å². The smallest absolute Gasteiger partial charge is 0.0476 e. The molecule has 3 saturated carbocycles. The minimum absolute atomic E-state index is 0.0866. The van der Waals surface area contributed by atoms with Crippen LogP contribution in [0.4, 0.5) is 17.1 Å². The lowest BCUT2D eigenvalue weighted by atomic mass is 9.67. The van der Waals surface area contributed by atoms with Crippen LogP contribution in [-0.4, -0.2) is 0 Å². The predicted molar refractivity (Wildman–Crippen MR) is 202 cm³/mol. The van der Waals surface area contributed by atoms with Crippen LogP contribution in [0.2, 0.25) is 0 Å². The van der Waals surface area contributed by atoms with Gasteiger partial charge in [0.05, 0.1) is 0 Å². The minimum Gasteiger partial charge on any atom is -0.310 e.